The second kappa shape index (κ2) is 5.29. The number of rotatable bonds is 2. The number of thioether (sulfide) groups is 1. The number of anilines is 1. The molecule has 1 nitrogen and oxygen atoms in total. The van der Waals surface area contributed by atoms with Crippen LogP contribution in [0.1, 0.15) is 19.4 Å². The third-order valence-electron chi connectivity index (χ3n) is 2.96. The van der Waals surface area contributed by atoms with Gasteiger partial charge in [-0.25, -0.2) is 0 Å². The Bertz CT molecular complexity index is 406. The van der Waals surface area contributed by atoms with Crippen molar-refractivity contribution in [1.29, 1.82) is 0 Å². The van der Waals surface area contributed by atoms with Crippen LogP contribution in [0.3, 0.4) is 0 Å². The fourth-order valence-electron chi connectivity index (χ4n) is 2.23. The van der Waals surface area contributed by atoms with Crippen LogP contribution < -0.4 is 4.90 Å². The SMILES string of the molecule is CC1(C)CN(c2c(Cl)cccc2CCl)CCS1. The van der Waals surface area contributed by atoms with Gasteiger partial charge in [0, 0.05) is 29.5 Å². The fraction of sp³-hybridized carbons (Fsp3) is 0.538. The van der Waals surface area contributed by atoms with E-state index >= 15 is 0 Å². The van der Waals surface area contributed by atoms with Crippen molar-refractivity contribution in [3.63, 3.8) is 0 Å². The maximum absolute atomic E-state index is 6.33. The Morgan fingerprint density at radius 1 is 1.41 bits per heavy atom. The van der Waals surface area contributed by atoms with E-state index in [1.165, 1.54) is 0 Å². The third-order valence-corrected chi connectivity index (χ3v) is 4.85. The summed E-state index contributed by atoms with van der Waals surface area (Å²) in [6.45, 7) is 6.62. The summed E-state index contributed by atoms with van der Waals surface area (Å²) in [7, 11) is 0. The molecular weight excluding hydrogens is 273 g/mol. The van der Waals surface area contributed by atoms with E-state index in [-0.39, 0.29) is 4.75 Å². The summed E-state index contributed by atoms with van der Waals surface area (Å²) >= 11 is 14.4. The molecule has 0 bridgehead atoms. The molecule has 17 heavy (non-hydrogen) atoms. The van der Waals surface area contributed by atoms with Crippen LogP contribution in [0.25, 0.3) is 0 Å². The van der Waals surface area contributed by atoms with Gasteiger partial charge in [-0.3, -0.25) is 0 Å². The van der Waals surface area contributed by atoms with E-state index < -0.39 is 0 Å². The van der Waals surface area contributed by atoms with Crippen LogP contribution >= 0.6 is 35.0 Å². The van der Waals surface area contributed by atoms with Gasteiger partial charge in [0.1, 0.15) is 0 Å². The molecule has 0 atom stereocenters. The third kappa shape index (κ3) is 3.04. The molecule has 0 aromatic heterocycles. The lowest BCUT2D eigenvalue weighted by molar-refractivity contribution is 0.646. The zero-order chi connectivity index (χ0) is 12.5. The number of para-hydroxylation sites is 1. The lowest BCUT2D eigenvalue weighted by Crippen LogP contribution is -2.43. The van der Waals surface area contributed by atoms with Crippen molar-refractivity contribution in [2.75, 3.05) is 23.7 Å². The Labute approximate surface area is 117 Å². The van der Waals surface area contributed by atoms with Gasteiger partial charge in [-0.05, 0) is 25.5 Å². The van der Waals surface area contributed by atoms with Gasteiger partial charge in [0.15, 0.2) is 0 Å². The van der Waals surface area contributed by atoms with Crippen LogP contribution in [-0.4, -0.2) is 23.6 Å². The Morgan fingerprint density at radius 2 is 2.18 bits per heavy atom. The molecule has 0 amide bonds. The molecule has 94 valence electrons. The minimum absolute atomic E-state index is 0.279. The molecule has 1 aromatic carbocycles. The molecule has 2 rings (SSSR count). The molecule has 1 fully saturated rings. The zero-order valence-electron chi connectivity index (χ0n) is 10.2. The molecule has 0 saturated carbocycles. The quantitative estimate of drug-likeness (QED) is 0.742. The van der Waals surface area contributed by atoms with Crippen LogP contribution in [0.4, 0.5) is 5.69 Å². The van der Waals surface area contributed by atoms with Crippen LogP contribution in [0, 0.1) is 0 Å². The highest BCUT2D eigenvalue weighted by Gasteiger charge is 2.28. The number of hydrogen-bond acceptors (Lipinski definition) is 2. The Hall–Kier alpha value is -0.0500. The van der Waals surface area contributed by atoms with Crippen LogP contribution in [-0.2, 0) is 5.88 Å². The van der Waals surface area contributed by atoms with Crippen molar-refractivity contribution in [3.8, 4) is 0 Å². The molecular formula is C13H17Cl2NS. The molecule has 0 spiro atoms. The molecule has 0 N–H and O–H groups in total. The number of alkyl halides is 1. The summed E-state index contributed by atoms with van der Waals surface area (Å²) < 4.78 is 0.279. The van der Waals surface area contributed by atoms with Gasteiger partial charge in [0.25, 0.3) is 0 Å². The minimum atomic E-state index is 0.279. The first kappa shape index (κ1) is 13.4. The van der Waals surface area contributed by atoms with E-state index in [1.807, 2.05) is 23.9 Å². The minimum Gasteiger partial charge on any atom is -0.368 e. The van der Waals surface area contributed by atoms with Crippen molar-refractivity contribution < 1.29 is 0 Å². The highest BCUT2D eigenvalue weighted by Crippen LogP contribution is 2.37. The summed E-state index contributed by atoms with van der Waals surface area (Å²) in [5.74, 6) is 1.65. The van der Waals surface area contributed by atoms with Crippen LogP contribution in [0.2, 0.25) is 5.02 Å². The van der Waals surface area contributed by atoms with Gasteiger partial charge in [0.05, 0.1) is 10.7 Å². The second-order valence-electron chi connectivity index (χ2n) is 4.91. The molecule has 0 radical (unpaired) electrons. The summed E-state index contributed by atoms with van der Waals surface area (Å²) in [5.41, 5.74) is 2.25. The largest absolute Gasteiger partial charge is 0.368 e. The fourth-order valence-corrected chi connectivity index (χ4v) is 3.87. The van der Waals surface area contributed by atoms with E-state index in [0.29, 0.717) is 5.88 Å². The summed E-state index contributed by atoms with van der Waals surface area (Å²) in [4.78, 5) is 2.37. The molecule has 1 aliphatic rings. The Kier molecular flexibility index (Phi) is 4.17. The maximum Gasteiger partial charge on any atom is 0.0642 e. The monoisotopic (exact) mass is 289 g/mol. The van der Waals surface area contributed by atoms with E-state index in [0.717, 1.165) is 35.1 Å². The van der Waals surface area contributed by atoms with E-state index in [1.54, 1.807) is 0 Å². The smallest absolute Gasteiger partial charge is 0.0642 e. The second-order valence-corrected chi connectivity index (χ2v) is 7.39. The Morgan fingerprint density at radius 3 is 2.82 bits per heavy atom. The van der Waals surface area contributed by atoms with E-state index in [9.17, 15) is 0 Å². The van der Waals surface area contributed by atoms with Crippen molar-refractivity contribution in [2.24, 2.45) is 0 Å². The molecule has 0 aliphatic carbocycles. The first-order valence-electron chi connectivity index (χ1n) is 5.76. The summed E-state index contributed by atoms with van der Waals surface area (Å²) in [6, 6.07) is 5.97. The topological polar surface area (TPSA) is 3.24 Å². The molecule has 1 saturated heterocycles. The predicted octanol–water partition coefficient (Wildman–Crippen LogP) is 4.41. The van der Waals surface area contributed by atoms with E-state index in [2.05, 4.69) is 24.8 Å². The van der Waals surface area contributed by atoms with Gasteiger partial charge in [-0.15, -0.1) is 11.6 Å². The van der Waals surface area contributed by atoms with Gasteiger partial charge >= 0.3 is 0 Å². The normalized spacial score (nSPS) is 19.4. The molecule has 0 unspecified atom stereocenters. The lowest BCUT2D eigenvalue weighted by atomic mass is 10.1. The van der Waals surface area contributed by atoms with Crippen molar-refractivity contribution >= 4 is 40.7 Å². The van der Waals surface area contributed by atoms with Gasteiger partial charge in [-0.2, -0.15) is 11.8 Å². The molecule has 4 heteroatoms. The maximum atomic E-state index is 6.33. The molecule has 1 aliphatic heterocycles. The highest BCUT2D eigenvalue weighted by atomic mass is 35.5. The van der Waals surface area contributed by atoms with Gasteiger partial charge < -0.3 is 4.90 Å². The first-order valence-corrected chi connectivity index (χ1v) is 7.65. The average molecular weight is 290 g/mol. The summed E-state index contributed by atoms with van der Waals surface area (Å²) in [6.07, 6.45) is 0. The number of hydrogen-bond donors (Lipinski definition) is 0. The molecule has 1 heterocycles. The lowest BCUT2D eigenvalue weighted by Gasteiger charge is -2.40. The predicted molar refractivity (Wildman–Crippen MR) is 79.8 cm³/mol. The van der Waals surface area contributed by atoms with Crippen molar-refractivity contribution in [2.45, 2.75) is 24.5 Å². The first-order chi connectivity index (χ1) is 8.03. The van der Waals surface area contributed by atoms with Crippen LogP contribution in [0.5, 0.6) is 0 Å². The van der Waals surface area contributed by atoms with Crippen molar-refractivity contribution in [3.05, 3.63) is 28.8 Å². The molecule has 1 aromatic rings. The Balaban J connectivity index is 2.33. The van der Waals surface area contributed by atoms with Gasteiger partial charge in [0.2, 0.25) is 0 Å². The van der Waals surface area contributed by atoms with E-state index in [4.69, 9.17) is 23.2 Å². The number of halogens is 2. The number of benzene rings is 1. The van der Waals surface area contributed by atoms with Crippen LogP contribution in [0.15, 0.2) is 18.2 Å². The standard InChI is InChI=1S/C13H17Cl2NS/c1-13(2)9-16(6-7-17-13)12-10(8-14)4-3-5-11(12)15/h3-5H,6-9H2,1-2H3. The highest BCUT2D eigenvalue weighted by molar-refractivity contribution is 8.00. The van der Waals surface area contributed by atoms with Gasteiger partial charge in [-0.1, -0.05) is 23.7 Å². The van der Waals surface area contributed by atoms with Crippen molar-refractivity contribution in [1.82, 2.24) is 0 Å². The number of nitrogens with zero attached hydrogens (tertiary/aromatic N) is 1. The summed E-state index contributed by atoms with van der Waals surface area (Å²) in [5, 5.41) is 0.811. The zero-order valence-corrected chi connectivity index (χ0v) is 12.5. The average Bonchev–Trinajstić information content (AvgIpc) is 2.27.